The van der Waals surface area contributed by atoms with Crippen molar-refractivity contribution in [3.05, 3.63) is 63.5 Å². The van der Waals surface area contributed by atoms with Gasteiger partial charge in [-0.05, 0) is 17.0 Å². The fraction of sp³-hybridized carbons (Fsp3) is 0.200. The fourth-order valence-electron chi connectivity index (χ4n) is 2.20. The van der Waals surface area contributed by atoms with E-state index in [2.05, 4.69) is 9.97 Å². The Kier molecular flexibility index (Phi) is 4.29. The largest absolute Gasteiger partial charge is 0.308 e. The predicted molar refractivity (Wildman–Crippen MR) is 90.8 cm³/mol. The van der Waals surface area contributed by atoms with Gasteiger partial charge in [0.15, 0.2) is 0 Å². The van der Waals surface area contributed by atoms with Crippen LogP contribution < -0.4 is 5.56 Å². The fourth-order valence-corrected chi connectivity index (χ4v) is 4.08. The molecule has 0 aliphatic rings. The highest BCUT2D eigenvalue weighted by Crippen LogP contribution is 2.15. The summed E-state index contributed by atoms with van der Waals surface area (Å²) in [7, 11) is -2.01. The standard InChI is InChI=1S/C15H15N3O3S2/c1-18(23(20,21)10-11-5-3-2-4-6-11)9-13-16-12-7-8-22-14(12)15(19)17-13/h2-8H,9-10H2,1H3,(H,16,17,19). The van der Waals surface area contributed by atoms with Crippen molar-refractivity contribution in [2.45, 2.75) is 12.3 Å². The van der Waals surface area contributed by atoms with E-state index in [-0.39, 0.29) is 17.9 Å². The average Bonchev–Trinajstić information content (AvgIpc) is 2.96. The third-order valence-corrected chi connectivity index (χ3v) is 6.08. The molecule has 120 valence electrons. The Labute approximate surface area is 137 Å². The Hall–Kier alpha value is -2.03. The third kappa shape index (κ3) is 3.49. The number of nitrogens with one attached hydrogen (secondary N) is 1. The first-order valence-electron chi connectivity index (χ1n) is 6.90. The zero-order chi connectivity index (χ0) is 16.4. The Morgan fingerprint density at radius 2 is 1.96 bits per heavy atom. The summed E-state index contributed by atoms with van der Waals surface area (Å²) in [5, 5.41) is 1.78. The highest BCUT2D eigenvalue weighted by Gasteiger charge is 2.20. The molecular weight excluding hydrogens is 334 g/mol. The van der Waals surface area contributed by atoms with Gasteiger partial charge in [-0.1, -0.05) is 30.3 Å². The van der Waals surface area contributed by atoms with E-state index >= 15 is 0 Å². The van der Waals surface area contributed by atoms with E-state index in [1.54, 1.807) is 35.7 Å². The maximum atomic E-state index is 12.4. The molecule has 0 fully saturated rings. The number of rotatable bonds is 5. The maximum absolute atomic E-state index is 12.4. The highest BCUT2D eigenvalue weighted by molar-refractivity contribution is 7.88. The van der Waals surface area contributed by atoms with Gasteiger partial charge in [0.05, 0.1) is 17.8 Å². The summed E-state index contributed by atoms with van der Waals surface area (Å²) in [6.45, 7) is 0.0240. The topological polar surface area (TPSA) is 83.1 Å². The van der Waals surface area contributed by atoms with Crippen LogP contribution in [0.2, 0.25) is 0 Å². The second kappa shape index (κ2) is 6.23. The lowest BCUT2D eigenvalue weighted by molar-refractivity contribution is 0.456. The van der Waals surface area contributed by atoms with Crippen LogP contribution in [0.3, 0.4) is 0 Å². The molecule has 0 amide bonds. The molecule has 0 aliphatic heterocycles. The van der Waals surface area contributed by atoms with Gasteiger partial charge in [0.1, 0.15) is 10.5 Å². The van der Waals surface area contributed by atoms with Crippen molar-refractivity contribution >= 4 is 31.6 Å². The molecule has 2 aromatic heterocycles. The van der Waals surface area contributed by atoms with Crippen molar-refractivity contribution in [1.82, 2.24) is 14.3 Å². The first-order chi connectivity index (χ1) is 11.0. The lowest BCUT2D eigenvalue weighted by Crippen LogP contribution is -2.29. The first kappa shape index (κ1) is 15.9. The second-order valence-electron chi connectivity index (χ2n) is 5.15. The smallest absolute Gasteiger partial charge is 0.268 e. The van der Waals surface area contributed by atoms with Crippen LogP contribution in [0.15, 0.2) is 46.6 Å². The van der Waals surface area contributed by atoms with E-state index in [0.29, 0.717) is 21.6 Å². The molecule has 2 heterocycles. The Balaban J connectivity index is 1.82. The Morgan fingerprint density at radius 1 is 1.22 bits per heavy atom. The number of hydrogen-bond donors (Lipinski definition) is 1. The van der Waals surface area contributed by atoms with Crippen LogP contribution in [0, 0.1) is 0 Å². The number of fused-ring (bicyclic) bond motifs is 1. The van der Waals surface area contributed by atoms with E-state index in [1.807, 2.05) is 6.07 Å². The molecule has 1 N–H and O–H groups in total. The molecule has 3 rings (SSSR count). The summed E-state index contributed by atoms with van der Waals surface area (Å²) in [6.07, 6.45) is 0. The minimum Gasteiger partial charge on any atom is -0.308 e. The highest BCUT2D eigenvalue weighted by atomic mass is 32.2. The van der Waals surface area contributed by atoms with Gasteiger partial charge in [0, 0.05) is 7.05 Å². The van der Waals surface area contributed by atoms with E-state index in [1.165, 1.54) is 22.7 Å². The van der Waals surface area contributed by atoms with Crippen molar-refractivity contribution in [1.29, 1.82) is 0 Å². The quantitative estimate of drug-likeness (QED) is 0.763. The van der Waals surface area contributed by atoms with Crippen molar-refractivity contribution in [2.24, 2.45) is 0 Å². The molecule has 0 atom stereocenters. The second-order valence-corrected chi connectivity index (χ2v) is 8.14. The number of hydrogen-bond acceptors (Lipinski definition) is 5. The van der Waals surface area contributed by atoms with Crippen molar-refractivity contribution < 1.29 is 8.42 Å². The lowest BCUT2D eigenvalue weighted by atomic mass is 10.2. The number of nitrogens with zero attached hydrogens (tertiary/aromatic N) is 2. The molecule has 1 aromatic carbocycles. The molecule has 0 saturated carbocycles. The summed E-state index contributed by atoms with van der Waals surface area (Å²) in [5.41, 5.74) is 1.06. The molecule has 6 nitrogen and oxygen atoms in total. The Bertz CT molecular complexity index is 978. The van der Waals surface area contributed by atoms with Gasteiger partial charge in [-0.25, -0.2) is 13.4 Å². The van der Waals surface area contributed by atoms with Crippen molar-refractivity contribution in [3.8, 4) is 0 Å². The van der Waals surface area contributed by atoms with Crippen LogP contribution in [-0.4, -0.2) is 29.7 Å². The molecule has 0 spiro atoms. The Morgan fingerprint density at radius 3 is 2.70 bits per heavy atom. The molecule has 0 saturated heterocycles. The molecule has 0 radical (unpaired) electrons. The predicted octanol–water partition coefficient (Wildman–Crippen LogP) is 1.95. The zero-order valence-electron chi connectivity index (χ0n) is 12.4. The van der Waals surface area contributed by atoms with Crippen LogP contribution in [-0.2, 0) is 22.3 Å². The van der Waals surface area contributed by atoms with Gasteiger partial charge in [0.2, 0.25) is 10.0 Å². The molecule has 0 bridgehead atoms. The van der Waals surface area contributed by atoms with Crippen LogP contribution in [0.1, 0.15) is 11.4 Å². The van der Waals surface area contributed by atoms with Gasteiger partial charge >= 0.3 is 0 Å². The SMILES string of the molecule is CN(Cc1nc2ccsc2c(=O)[nH]1)S(=O)(=O)Cc1ccccc1. The summed E-state index contributed by atoms with van der Waals surface area (Å²) < 4.78 is 26.6. The summed E-state index contributed by atoms with van der Waals surface area (Å²) in [5.74, 6) is 0.245. The number of H-pyrrole nitrogens is 1. The number of thiophene rings is 1. The minimum absolute atomic E-state index is 0.0240. The van der Waals surface area contributed by atoms with Gasteiger partial charge < -0.3 is 4.98 Å². The molecule has 3 aromatic rings. The summed E-state index contributed by atoms with van der Waals surface area (Å²) >= 11 is 1.31. The zero-order valence-corrected chi connectivity index (χ0v) is 14.0. The molecular formula is C15H15N3O3S2. The lowest BCUT2D eigenvalue weighted by Gasteiger charge is -2.16. The minimum atomic E-state index is -3.49. The van der Waals surface area contributed by atoms with Crippen molar-refractivity contribution in [2.75, 3.05) is 7.05 Å². The van der Waals surface area contributed by atoms with Gasteiger partial charge in [0.25, 0.3) is 5.56 Å². The first-order valence-corrected chi connectivity index (χ1v) is 9.39. The van der Waals surface area contributed by atoms with E-state index in [0.717, 1.165) is 0 Å². The van der Waals surface area contributed by atoms with Crippen LogP contribution in [0.25, 0.3) is 10.2 Å². The van der Waals surface area contributed by atoms with E-state index in [9.17, 15) is 13.2 Å². The summed E-state index contributed by atoms with van der Waals surface area (Å²) in [6, 6.07) is 10.7. The van der Waals surface area contributed by atoms with Crippen molar-refractivity contribution in [3.63, 3.8) is 0 Å². The summed E-state index contributed by atoms with van der Waals surface area (Å²) in [4.78, 5) is 18.9. The normalized spacial score (nSPS) is 12.1. The molecule has 0 aliphatic carbocycles. The molecule has 0 unspecified atom stereocenters. The van der Waals surface area contributed by atoms with E-state index in [4.69, 9.17) is 0 Å². The average molecular weight is 349 g/mol. The van der Waals surface area contributed by atoms with Gasteiger partial charge in [-0.3, -0.25) is 4.79 Å². The van der Waals surface area contributed by atoms with E-state index < -0.39 is 10.0 Å². The number of aromatic nitrogens is 2. The van der Waals surface area contributed by atoms with Gasteiger partial charge in [-0.15, -0.1) is 11.3 Å². The van der Waals surface area contributed by atoms with Gasteiger partial charge in [-0.2, -0.15) is 4.31 Å². The number of benzene rings is 1. The maximum Gasteiger partial charge on any atom is 0.268 e. The molecule has 23 heavy (non-hydrogen) atoms. The van der Waals surface area contributed by atoms with Crippen LogP contribution in [0.5, 0.6) is 0 Å². The number of aromatic amines is 1. The monoisotopic (exact) mass is 349 g/mol. The van der Waals surface area contributed by atoms with Crippen LogP contribution >= 0.6 is 11.3 Å². The van der Waals surface area contributed by atoms with Crippen LogP contribution in [0.4, 0.5) is 0 Å². The number of sulfonamides is 1. The molecule has 8 heteroatoms. The third-order valence-electron chi connectivity index (χ3n) is 3.40.